The molecule has 1 atom stereocenters. The first-order chi connectivity index (χ1) is 12.6. The molecule has 2 aromatic rings. The molecule has 146 valence electrons. The molecule has 0 bridgehead atoms. The van der Waals surface area contributed by atoms with Crippen LogP contribution in [0.5, 0.6) is 5.75 Å². The third-order valence-corrected chi connectivity index (χ3v) is 4.92. The van der Waals surface area contributed by atoms with Gasteiger partial charge in [0.1, 0.15) is 5.75 Å². The van der Waals surface area contributed by atoms with Crippen molar-refractivity contribution in [3.8, 4) is 5.75 Å². The number of amides is 1. The summed E-state index contributed by atoms with van der Waals surface area (Å²) in [6.07, 6.45) is 4.83. The molecule has 6 heteroatoms. The van der Waals surface area contributed by atoms with E-state index in [0.717, 1.165) is 37.4 Å². The first-order valence-corrected chi connectivity index (χ1v) is 9.25. The van der Waals surface area contributed by atoms with Crippen LogP contribution in [0.2, 0.25) is 0 Å². The largest absolute Gasteiger partial charge is 0.494 e. The van der Waals surface area contributed by atoms with E-state index in [9.17, 15) is 4.79 Å². The molecule has 0 radical (unpaired) electrons. The van der Waals surface area contributed by atoms with Crippen molar-refractivity contribution in [3.63, 3.8) is 0 Å². The van der Waals surface area contributed by atoms with Gasteiger partial charge < -0.3 is 15.0 Å². The van der Waals surface area contributed by atoms with Crippen LogP contribution < -0.4 is 10.1 Å². The molecule has 1 aliphatic heterocycles. The highest BCUT2D eigenvalue weighted by molar-refractivity contribution is 5.85. The Morgan fingerprint density at radius 3 is 2.89 bits per heavy atom. The molecule has 1 amide bonds. The highest BCUT2D eigenvalue weighted by Gasteiger charge is 2.27. The Hall–Kier alpha value is -2.11. The van der Waals surface area contributed by atoms with E-state index < -0.39 is 0 Å². The number of piperazine rings is 1. The summed E-state index contributed by atoms with van der Waals surface area (Å²) in [6, 6.07) is 10.1. The molecule has 1 aromatic carbocycles. The topological polar surface area (TPSA) is 54.5 Å². The summed E-state index contributed by atoms with van der Waals surface area (Å²) in [5, 5.41) is 3.37. The fourth-order valence-corrected chi connectivity index (χ4v) is 3.23. The number of carbonyl (C=O) groups excluding carboxylic acids is 1. The zero-order valence-corrected chi connectivity index (χ0v) is 16.8. The summed E-state index contributed by atoms with van der Waals surface area (Å²) < 4.78 is 5.80. The molecule has 1 unspecified atom stereocenters. The second-order valence-electron chi connectivity index (χ2n) is 6.79. The molecule has 2 heterocycles. The number of carbonyl (C=O) groups is 1. The maximum atomic E-state index is 12.7. The van der Waals surface area contributed by atoms with Crippen molar-refractivity contribution in [1.29, 1.82) is 0 Å². The van der Waals surface area contributed by atoms with E-state index in [1.165, 1.54) is 11.1 Å². The summed E-state index contributed by atoms with van der Waals surface area (Å²) in [5.74, 6) is 1.06. The van der Waals surface area contributed by atoms with E-state index >= 15 is 0 Å². The molecule has 0 saturated carbocycles. The lowest BCUT2D eigenvalue weighted by molar-refractivity contribution is -0.134. The summed E-state index contributed by atoms with van der Waals surface area (Å²) in [4.78, 5) is 18.9. The van der Waals surface area contributed by atoms with E-state index in [1.54, 1.807) is 6.20 Å². The number of aryl methyl sites for hydroxylation is 2. The lowest BCUT2D eigenvalue weighted by Crippen LogP contribution is -2.48. The van der Waals surface area contributed by atoms with Gasteiger partial charge in [0.25, 0.3) is 0 Å². The van der Waals surface area contributed by atoms with E-state index in [4.69, 9.17) is 4.74 Å². The molecular formula is C21H28ClN3O2. The summed E-state index contributed by atoms with van der Waals surface area (Å²) in [7, 11) is 0. The molecule has 1 aliphatic rings. The van der Waals surface area contributed by atoms with Gasteiger partial charge in [0.05, 0.1) is 12.6 Å². The molecule has 0 spiro atoms. The highest BCUT2D eigenvalue weighted by atomic mass is 35.5. The van der Waals surface area contributed by atoms with Gasteiger partial charge in [0.2, 0.25) is 5.91 Å². The molecule has 3 rings (SSSR count). The number of pyridine rings is 1. The van der Waals surface area contributed by atoms with Crippen LogP contribution in [0.1, 0.15) is 35.6 Å². The molecule has 27 heavy (non-hydrogen) atoms. The van der Waals surface area contributed by atoms with Gasteiger partial charge >= 0.3 is 0 Å². The quantitative estimate of drug-likeness (QED) is 0.769. The Morgan fingerprint density at radius 1 is 1.30 bits per heavy atom. The second-order valence-corrected chi connectivity index (χ2v) is 6.79. The van der Waals surface area contributed by atoms with Crippen molar-refractivity contribution in [2.24, 2.45) is 0 Å². The number of halogens is 1. The minimum Gasteiger partial charge on any atom is -0.494 e. The van der Waals surface area contributed by atoms with E-state index in [-0.39, 0.29) is 24.4 Å². The second kappa shape index (κ2) is 10.3. The van der Waals surface area contributed by atoms with Crippen molar-refractivity contribution < 1.29 is 9.53 Å². The maximum absolute atomic E-state index is 12.7. The fourth-order valence-electron chi connectivity index (χ4n) is 3.23. The van der Waals surface area contributed by atoms with Crippen LogP contribution in [0.3, 0.4) is 0 Å². The maximum Gasteiger partial charge on any atom is 0.223 e. The van der Waals surface area contributed by atoms with E-state index in [0.29, 0.717) is 13.0 Å². The first kappa shape index (κ1) is 21.2. The molecule has 1 saturated heterocycles. The van der Waals surface area contributed by atoms with Gasteiger partial charge in [-0.05, 0) is 55.2 Å². The van der Waals surface area contributed by atoms with Gasteiger partial charge in [-0.15, -0.1) is 12.4 Å². The number of aromatic nitrogens is 1. The smallest absolute Gasteiger partial charge is 0.223 e. The van der Waals surface area contributed by atoms with Gasteiger partial charge in [-0.3, -0.25) is 9.78 Å². The molecular weight excluding hydrogens is 362 g/mol. The SMILES string of the molecule is Cc1ccc(OCCCC(=O)N2CCNCC2c2cccnc2)cc1C.Cl. The number of hydrogen-bond donors (Lipinski definition) is 1. The molecule has 0 aliphatic carbocycles. The summed E-state index contributed by atoms with van der Waals surface area (Å²) in [5.41, 5.74) is 3.56. The Balaban J connectivity index is 0.00000261. The van der Waals surface area contributed by atoms with Crippen molar-refractivity contribution in [1.82, 2.24) is 15.2 Å². The number of nitrogens with zero attached hydrogens (tertiary/aromatic N) is 2. The molecule has 1 fully saturated rings. The minimum absolute atomic E-state index is 0. The van der Waals surface area contributed by atoms with Gasteiger partial charge in [-0.25, -0.2) is 0 Å². The van der Waals surface area contributed by atoms with Crippen molar-refractivity contribution >= 4 is 18.3 Å². The van der Waals surface area contributed by atoms with Crippen molar-refractivity contribution in [2.45, 2.75) is 32.7 Å². The number of rotatable bonds is 6. The Bertz CT molecular complexity index is 739. The van der Waals surface area contributed by atoms with Crippen LogP contribution in [0, 0.1) is 13.8 Å². The zero-order chi connectivity index (χ0) is 18.4. The molecule has 5 nitrogen and oxygen atoms in total. The van der Waals surface area contributed by atoms with E-state index in [1.807, 2.05) is 35.4 Å². The molecule has 1 N–H and O–H groups in total. The van der Waals surface area contributed by atoms with Gasteiger partial charge in [0.15, 0.2) is 0 Å². The van der Waals surface area contributed by atoms with Gasteiger partial charge in [0, 0.05) is 38.4 Å². The van der Waals surface area contributed by atoms with Gasteiger partial charge in [-0.1, -0.05) is 12.1 Å². The number of benzene rings is 1. The average molecular weight is 390 g/mol. The van der Waals surface area contributed by atoms with Crippen LogP contribution in [0.15, 0.2) is 42.7 Å². The van der Waals surface area contributed by atoms with Crippen LogP contribution in [0.4, 0.5) is 0 Å². The van der Waals surface area contributed by atoms with E-state index in [2.05, 4.69) is 30.2 Å². The zero-order valence-electron chi connectivity index (χ0n) is 16.0. The van der Waals surface area contributed by atoms with Crippen molar-refractivity contribution in [2.75, 3.05) is 26.2 Å². The first-order valence-electron chi connectivity index (χ1n) is 9.25. The number of ether oxygens (including phenoxy) is 1. The number of hydrogen-bond acceptors (Lipinski definition) is 4. The van der Waals surface area contributed by atoms with Crippen LogP contribution in [-0.2, 0) is 4.79 Å². The third-order valence-electron chi connectivity index (χ3n) is 4.92. The summed E-state index contributed by atoms with van der Waals surface area (Å²) in [6.45, 7) is 7.06. The normalized spacial score (nSPS) is 16.5. The standard InChI is InChI=1S/C21H27N3O2.ClH/c1-16-7-8-19(13-17(16)2)26-12-4-6-21(25)24-11-10-23-15-20(24)18-5-3-9-22-14-18;/h3,5,7-9,13-14,20,23H,4,6,10-12,15H2,1-2H3;1H. The number of nitrogens with one attached hydrogen (secondary N) is 1. The Labute approximate surface area is 167 Å². The van der Waals surface area contributed by atoms with Crippen LogP contribution in [0.25, 0.3) is 0 Å². The van der Waals surface area contributed by atoms with Crippen LogP contribution >= 0.6 is 12.4 Å². The minimum atomic E-state index is 0. The molecule has 1 aromatic heterocycles. The predicted octanol–water partition coefficient (Wildman–Crippen LogP) is 3.45. The predicted molar refractivity (Wildman–Crippen MR) is 109 cm³/mol. The average Bonchev–Trinajstić information content (AvgIpc) is 2.68. The van der Waals surface area contributed by atoms with Gasteiger partial charge in [-0.2, -0.15) is 0 Å². The fraction of sp³-hybridized carbons (Fsp3) is 0.429. The Kier molecular flexibility index (Phi) is 8.07. The Morgan fingerprint density at radius 2 is 2.15 bits per heavy atom. The third kappa shape index (κ3) is 5.68. The van der Waals surface area contributed by atoms with Crippen LogP contribution in [-0.4, -0.2) is 42.0 Å². The summed E-state index contributed by atoms with van der Waals surface area (Å²) >= 11 is 0. The highest BCUT2D eigenvalue weighted by Crippen LogP contribution is 2.22. The monoisotopic (exact) mass is 389 g/mol. The van der Waals surface area contributed by atoms with Crippen molar-refractivity contribution in [3.05, 3.63) is 59.4 Å². The lowest BCUT2D eigenvalue weighted by Gasteiger charge is -2.36. The lowest BCUT2D eigenvalue weighted by atomic mass is 10.0.